The van der Waals surface area contributed by atoms with Gasteiger partial charge in [0.2, 0.25) is 5.91 Å². The molecule has 27 heavy (non-hydrogen) atoms. The smallest absolute Gasteiger partial charge is 0.407 e. The highest BCUT2D eigenvalue weighted by Gasteiger charge is 2.07. The normalized spacial score (nSPS) is 10.2. The zero-order chi connectivity index (χ0) is 19.6. The summed E-state index contributed by atoms with van der Waals surface area (Å²) in [5.74, 6) is -0.0774. The minimum atomic E-state index is -0.478. The number of anilines is 2. The average molecular weight is 369 g/mol. The average Bonchev–Trinajstić information content (AvgIpc) is 2.64. The maximum atomic E-state index is 12.0. The molecule has 0 aliphatic rings. The van der Waals surface area contributed by atoms with Crippen molar-refractivity contribution in [1.82, 2.24) is 5.32 Å². The van der Waals surface area contributed by atoms with Crippen LogP contribution in [0.5, 0.6) is 0 Å². The summed E-state index contributed by atoms with van der Waals surface area (Å²) in [4.78, 5) is 25.7. The summed E-state index contributed by atoms with van der Waals surface area (Å²) in [7, 11) is 3.97. The lowest BCUT2D eigenvalue weighted by Gasteiger charge is -2.16. The van der Waals surface area contributed by atoms with Gasteiger partial charge >= 0.3 is 6.09 Å². The van der Waals surface area contributed by atoms with Gasteiger partial charge in [-0.05, 0) is 42.7 Å². The quantitative estimate of drug-likeness (QED) is 0.696. The number of benzene rings is 2. The second-order valence-corrected chi connectivity index (χ2v) is 6.54. The standard InChI is InChI=1S/C21H27N3O3/c1-16-14-18(11-12-19(16)24(2)3)23-20(25)10-7-13-22-21(26)27-15-17-8-5-4-6-9-17/h4-6,8-9,11-12,14H,7,10,13,15H2,1-3H3,(H,22,26)(H,23,25). The molecule has 6 nitrogen and oxygen atoms in total. The van der Waals surface area contributed by atoms with Crippen LogP contribution in [0.15, 0.2) is 48.5 Å². The Hall–Kier alpha value is -3.02. The van der Waals surface area contributed by atoms with Crippen LogP contribution in [0.2, 0.25) is 0 Å². The van der Waals surface area contributed by atoms with E-state index in [9.17, 15) is 9.59 Å². The number of alkyl carbamates (subject to hydrolysis) is 1. The second-order valence-electron chi connectivity index (χ2n) is 6.54. The Labute approximate surface area is 160 Å². The van der Waals surface area contributed by atoms with Crippen molar-refractivity contribution in [3.8, 4) is 0 Å². The highest BCUT2D eigenvalue weighted by atomic mass is 16.5. The van der Waals surface area contributed by atoms with Crippen LogP contribution in [0.4, 0.5) is 16.2 Å². The number of ether oxygens (including phenoxy) is 1. The molecular formula is C21H27N3O3. The Balaban J connectivity index is 1.64. The first kappa shape index (κ1) is 20.3. The summed E-state index contributed by atoms with van der Waals surface area (Å²) >= 11 is 0. The van der Waals surface area contributed by atoms with Crippen molar-refractivity contribution >= 4 is 23.4 Å². The van der Waals surface area contributed by atoms with Crippen molar-refractivity contribution in [2.45, 2.75) is 26.4 Å². The monoisotopic (exact) mass is 369 g/mol. The zero-order valence-electron chi connectivity index (χ0n) is 16.1. The zero-order valence-corrected chi connectivity index (χ0v) is 16.1. The highest BCUT2D eigenvalue weighted by molar-refractivity contribution is 5.91. The van der Waals surface area contributed by atoms with Gasteiger partial charge in [0.1, 0.15) is 6.61 Å². The molecule has 0 heterocycles. The van der Waals surface area contributed by atoms with E-state index in [4.69, 9.17) is 4.74 Å². The molecular weight excluding hydrogens is 342 g/mol. The number of nitrogens with one attached hydrogen (secondary N) is 2. The number of nitrogens with zero attached hydrogens (tertiary/aromatic N) is 1. The van der Waals surface area contributed by atoms with Gasteiger partial charge in [-0.15, -0.1) is 0 Å². The van der Waals surface area contributed by atoms with E-state index in [1.807, 2.05) is 74.4 Å². The molecule has 0 aliphatic carbocycles. The minimum Gasteiger partial charge on any atom is -0.445 e. The lowest BCUT2D eigenvalue weighted by Crippen LogP contribution is -2.26. The molecule has 0 radical (unpaired) electrons. The molecule has 0 bridgehead atoms. The Kier molecular flexibility index (Phi) is 7.67. The van der Waals surface area contributed by atoms with E-state index in [1.165, 1.54) is 0 Å². The van der Waals surface area contributed by atoms with E-state index in [2.05, 4.69) is 10.6 Å². The first-order chi connectivity index (χ1) is 13.0. The number of rotatable bonds is 8. The van der Waals surface area contributed by atoms with E-state index in [1.54, 1.807) is 0 Å². The second kappa shape index (κ2) is 10.2. The third-order valence-corrected chi connectivity index (χ3v) is 4.03. The molecule has 0 aliphatic heterocycles. The van der Waals surface area contributed by atoms with Crippen molar-refractivity contribution in [2.24, 2.45) is 0 Å². The Morgan fingerprint density at radius 2 is 1.81 bits per heavy atom. The Bertz CT molecular complexity index is 761. The van der Waals surface area contributed by atoms with Gasteiger partial charge in [-0.1, -0.05) is 30.3 Å². The molecule has 6 heteroatoms. The van der Waals surface area contributed by atoms with Gasteiger partial charge in [0.25, 0.3) is 0 Å². The largest absolute Gasteiger partial charge is 0.445 e. The number of aryl methyl sites for hydroxylation is 1. The maximum absolute atomic E-state index is 12.0. The minimum absolute atomic E-state index is 0.0774. The number of hydrogen-bond acceptors (Lipinski definition) is 4. The summed E-state index contributed by atoms with van der Waals surface area (Å²) in [6.07, 6.45) is 0.392. The predicted molar refractivity (Wildman–Crippen MR) is 108 cm³/mol. The number of carbonyl (C=O) groups is 2. The third-order valence-electron chi connectivity index (χ3n) is 4.03. The summed E-state index contributed by atoms with van der Waals surface area (Å²) in [6, 6.07) is 15.3. The van der Waals surface area contributed by atoms with Crippen molar-refractivity contribution in [2.75, 3.05) is 30.9 Å². The molecule has 0 fully saturated rings. The van der Waals surface area contributed by atoms with Gasteiger partial charge < -0.3 is 20.3 Å². The number of amides is 2. The molecule has 2 aromatic carbocycles. The summed E-state index contributed by atoms with van der Waals surface area (Å²) < 4.78 is 5.12. The van der Waals surface area contributed by atoms with E-state index in [0.29, 0.717) is 19.4 Å². The number of hydrogen-bond donors (Lipinski definition) is 2. The van der Waals surface area contributed by atoms with Gasteiger partial charge in [0, 0.05) is 38.4 Å². The molecule has 0 spiro atoms. The van der Waals surface area contributed by atoms with Crippen LogP contribution in [0.3, 0.4) is 0 Å². The van der Waals surface area contributed by atoms with Gasteiger partial charge in [-0.3, -0.25) is 4.79 Å². The third kappa shape index (κ3) is 7.01. The Morgan fingerprint density at radius 1 is 1.07 bits per heavy atom. The predicted octanol–water partition coefficient (Wildman–Crippen LogP) is 3.71. The fourth-order valence-electron chi connectivity index (χ4n) is 2.67. The lowest BCUT2D eigenvalue weighted by atomic mass is 10.1. The first-order valence-corrected chi connectivity index (χ1v) is 8.98. The molecule has 0 unspecified atom stereocenters. The van der Waals surface area contributed by atoms with Crippen molar-refractivity contribution < 1.29 is 14.3 Å². The van der Waals surface area contributed by atoms with Crippen LogP contribution in [-0.2, 0) is 16.1 Å². The number of carbonyl (C=O) groups excluding carboxylic acids is 2. The van der Waals surface area contributed by atoms with Crippen LogP contribution in [0, 0.1) is 6.92 Å². The fourth-order valence-corrected chi connectivity index (χ4v) is 2.67. The molecule has 0 aromatic heterocycles. The molecule has 0 saturated heterocycles. The van der Waals surface area contributed by atoms with Crippen molar-refractivity contribution in [3.05, 3.63) is 59.7 Å². The van der Waals surface area contributed by atoms with Gasteiger partial charge in [-0.25, -0.2) is 4.79 Å². The van der Waals surface area contributed by atoms with E-state index >= 15 is 0 Å². The van der Waals surface area contributed by atoms with Crippen molar-refractivity contribution in [1.29, 1.82) is 0 Å². The topological polar surface area (TPSA) is 70.7 Å². The summed E-state index contributed by atoms with van der Waals surface area (Å²) in [6.45, 7) is 2.63. The van der Waals surface area contributed by atoms with Gasteiger partial charge in [0.15, 0.2) is 0 Å². The summed E-state index contributed by atoms with van der Waals surface area (Å²) in [5.41, 5.74) is 3.92. The first-order valence-electron chi connectivity index (χ1n) is 8.98. The summed E-state index contributed by atoms with van der Waals surface area (Å²) in [5, 5.41) is 5.54. The van der Waals surface area contributed by atoms with Crippen LogP contribution in [-0.4, -0.2) is 32.6 Å². The van der Waals surface area contributed by atoms with Gasteiger partial charge in [-0.2, -0.15) is 0 Å². The van der Waals surface area contributed by atoms with Crippen molar-refractivity contribution in [3.63, 3.8) is 0 Å². The van der Waals surface area contributed by atoms with Crippen LogP contribution >= 0.6 is 0 Å². The molecule has 2 aromatic rings. The van der Waals surface area contributed by atoms with E-state index in [-0.39, 0.29) is 12.5 Å². The molecule has 0 atom stereocenters. The fraction of sp³-hybridized carbons (Fsp3) is 0.333. The van der Waals surface area contributed by atoms with Crippen LogP contribution < -0.4 is 15.5 Å². The molecule has 2 N–H and O–H groups in total. The van der Waals surface area contributed by atoms with Gasteiger partial charge in [0.05, 0.1) is 0 Å². The van der Waals surface area contributed by atoms with Crippen LogP contribution in [0.1, 0.15) is 24.0 Å². The SMILES string of the molecule is Cc1cc(NC(=O)CCCNC(=O)OCc2ccccc2)ccc1N(C)C. The highest BCUT2D eigenvalue weighted by Crippen LogP contribution is 2.21. The molecule has 144 valence electrons. The maximum Gasteiger partial charge on any atom is 0.407 e. The van der Waals surface area contributed by atoms with E-state index in [0.717, 1.165) is 22.5 Å². The lowest BCUT2D eigenvalue weighted by molar-refractivity contribution is -0.116. The van der Waals surface area contributed by atoms with E-state index < -0.39 is 6.09 Å². The Morgan fingerprint density at radius 3 is 2.48 bits per heavy atom. The molecule has 2 amide bonds. The molecule has 0 saturated carbocycles. The van der Waals surface area contributed by atoms with Crippen LogP contribution in [0.25, 0.3) is 0 Å². The molecule has 2 rings (SSSR count).